The molecule has 0 saturated heterocycles. The number of para-hydroxylation sites is 1. The molecule has 1 aliphatic rings. The van der Waals surface area contributed by atoms with Crippen LogP contribution in [0.5, 0.6) is 0 Å². The van der Waals surface area contributed by atoms with Crippen LogP contribution in [0.3, 0.4) is 0 Å². The van der Waals surface area contributed by atoms with Crippen LogP contribution in [0.1, 0.15) is 37.7 Å². The minimum atomic E-state index is -0.354. The zero-order valence-corrected chi connectivity index (χ0v) is 13.0. The summed E-state index contributed by atoms with van der Waals surface area (Å²) in [6.45, 7) is 0.330. The lowest BCUT2D eigenvalue weighted by molar-refractivity contribution is -0.117. The van der Waals surface area contributed by atoms with E-state index in [4.69, 9.17) is 5.26 Å². The van der Waals surface area contributed by atoms with Gasteiger partial charge in [-0.3, -0.25) is 9.59 Å². The highest BCUT2D eigenvalue weighted by molar-refractivity contribution is 5.93. The van der Waals surface area contributed by atoms with Crippen molar-refractivity contribution in [2.75, 3.05) is 5.32 Å². The lowest BCUT2D eigenvalue weighted by Gasteiger charge is -2.10. The van der Waals surface area contributed by atoms with Crippen LogP contribution in [0.2, 0.25) is 0 Å². The number of hydrogen-bond acceptors (Lipinski definition) is 3. The number of benzene rings is 1. The smallest absolute Gasteiger partial charge is 0.243 e. The van der Waals surface area contributed by atoms with Gasteiger partial charge in [0.25, 0.3) is 0 Å². The summed E-state index contributed by atoms with van der Waals surface area (Å²) in [6.07, 6.45) is 8.22. The zero-order valence-electron chi connectivity index (χ0n) is 13.0. The van der Waals surface area contributed by atoms with Crippen molar-refractivity contribution in [1.29, 1.82) is 5.26 Å². The van der Waals surface area contributed by atoms with E-state index in [1.807, 2.05) is 24.3 Å². The van der Waals surface area contributed by atoms with Gasteiger partial charge in [0.1, 0.15) is 6.42 Å². The molecule has 2 amide bonds. The van der Waals surface area contributed by atoms with E-state index in [0.29, 0.717) is 18.2 Å². The molecule has 1 aromatic rings. The number of amides is 2. The summed E-state index contributed by atoms with van der Waals surface area (Å²) in [5.41, 5.74) is 1.43. The molecule has 0 radical (unpaired) electrons. The fourth-order valence-corrected chi connectivity index (χ4v) is 2.68. The van der Waals surface area contributed by atoms with Crippen LogP contribution in [0.4, 0.5) is 5.69 Å². The Balaban J connectivity index is 1.88. The molecule has 0 aliphatic heterocycles. The molecule has 1 aromatic carbocycles. The molecule has 2 rings (SSSR count). The highest BCUT2D eigenvalue weighted by Gasteiger charge is 2.12. The quantitative estimate of drug-likeness (QED) is 0.792. The van der Waals surface area contributed by atoms with Crippen molar-refractivity contribution in [2.24, 2.45) is 5.92 Å². The maximum Gasteiger partial charge on any atom is 0.243 e. The number of carbonyl (C=O) groups is 2. The molecule has 120 valence electrons. The Morgan fingerprint density at radius 2 is 2.00 bits per heavy atom. The Labute approximate surface area is 136 Å². The number of carbonyl (C=O) groups excluding carboxylic acids is 2. The van der Waals surface area contributed by atoms with Crippen LogP contribution in [0, 0.1) is 17.2 Å². The van der Waals surface area contributed by atoms with Gasteiger partial charge in [-0.25, -0.2) is 0 Å². The number of rotatable bonds is 6. The predicted octanol–water partition coefficient (Wildman–Crippen LogP) is 2.90. The van der Waals surface area contributed by atoms with Gasteiger partial charge in [-0.05, 0) is 36.5 Å². The molecule has 5 nitrogen and oxygen atoms in total. The zero-order chi connectivity index (χ0) is 16.5. The van der Waals surface area contributed by atoms with Crippen molar-refractivity contribution in [1.82, 2.24) is 5.32 Å². The Morgan fingerprint density at radius 1 is 1.26 bits per heavy atom. The third-order valence-corrected chi connectivity index (χ3v) is 3.90. The van der Waals surface area contributed by atoms with Crippen LogP contribution in [0.25, 0.3) is 0 Å². The number of nitrogens with zero attached hydrogens (tertiary/aromatic N) is 1. The van der Waals surface area contributed by atoms with Crippen LogP contribution >= 0.6 is 0 Å². The maximum absolute atomic E-state index is 11.9. The predicted molar refractivity (Wildman–Crippen MR) is 88.2 cm³/mol. The summed E-state index contributed by atoms with van der Waals surface area (Å²) in [4.78, 5) is 23.4. The number of nitriles is 1. The van der Waals surface area contributed by atoms with Crippen molar-refractivity contribution in [3.05, 3.63) is 42.0 Å². The van der Waals surface area contributed by atoms with E-state index < -0.39 is 0 Å². The van der Waals surface area contributed by atoms with Crippen molar-refractivity contribution >= 4 is 17.5 Å². The summed E-state index contributed by atoms with van der Waals surface area (Å²) in [7, 11) is 0. The van der Waals surface area contributed by atoms with Gasteiger partial charge in [0, 0.05) is 12.2 Å². The normalized spacial score (nSPS) is 14.6. The number of hydrogen-bond donors (Lipinski definition) is 2. The summed E-state index contributed by atoms with van der Waals surface area (Å²) in [5.74, 6) is 0.0424. The average Bonchev–Trinajstić information content (AvgIpc) is 3.06. The van der Waals surface area contributed by atoms with E-state index in [2.05, 4.69) is 10.6 Å². The number of nitrogens with one attached hydrogen (secondary N) is 2. The van der Waals surface area contributed by atoms with Gasteiger partial charge in [-0.2, -0.15) is 5.26 Å². The molecule has 5 heteroatoms. The molecule has 0 heterocycles. The highest BCUT2D eigenvalue weighted by Crippen LogP contribution is 2.25. The van der Waals surface area contributed by atoms with Gasteiger partial charge in [-0.1, -0.05) is 37.1 Å². The Bertz CT molecular complexity index is 625. The first kappa shape index (κ1) is 16.8. The molecule has 0 unspecified atom stereocenters. The van der Waals surface area contributed by atoms with Gasteiger partial charge in [0.15, 0.2) is 0 Å². The van der Waals surface area contributed by atoms with Crippen LogP contribution < -0.4 is 10.6 Å². The second kappa shape index (κ2) is 8.74. The molecule has 1 aliphatic carbocycles. The van der Waals surface area contributed by atoms with Crippen LogP contribution in [0.15, 0.2) is 36.4 Å². The molecular formula is C18H21N3O2. The fraction of sp³-hybridized carbons (Fsp3) is 0.389. The lowest BCUT2D eigenvalue weighted by atomic mass is 10.1. The minimum Gasteiger partial charge on any atom is -0.348 e. The minimum absolute atomic E-state index is 0.130. The standard InChI is InChI=1S/C18H21N3O2/c19-12-11-18(23)21-16-8-4-3-7-15(16)13-20-17(22)10-9-14-5-1-2-6-14/h3-4,7-10,14H,1-2,5-6,11,13H2,(H,20,22)(H,21,23)/b10-9+. The molecule has 0 bridgehead atoms. The summed E-state index contributed by atoms with van der Waals surface area (Å²) >= 11 is 0. The lowest BCUT2D eigenvalue weighted by Crippen LogP contribution is -2.22. The van der Waals surface area contributed by atoms with E-state index >= 15 is 0 Å². The summed E-state index contributed by atoms with van der Waals surface area (Å²) in [5, 5.41) is 14.0. The van der Waals surface area contributed by atoms with Gasteiger partial charge in [-0.15, -0.1) is 0 Å². The maximum atomic E-state index is 11.9. The van der Waals surface area contributed by atoms with Crippen LogP contribution in [-0.2, 0) is 16.1 Å². The molecule has 0 atom stereocenters. The summed E-state index contributed by atoms with van der Waals surface area (Å²) in [6, 6.07) is 9.04. The third kappa shape index (κ3) is 5.59. The second-order valence-electron chi connectivity index (χ2n) is 5.66. The van der Waals surface area contributed by atoms with E-state index in [1.54, 1.807) is 18.2 Å². The third-order valence-electron chi connectivity index (χ3n) is 3.90. The second-order valence-corrected chi connectivity index (χ2v) is 5.66. The van der Waals surface area contributed by atoms with Gasteiger partial charge >= 0.3 is 0 Å². The first-order chi connectivity index (χ1) is 11.2. The average molecular weight is 311 g/mol. The Hall–Kier alpha value is -2.61. The van der Waals surface area contributed by atoms with E-state index in [1.165, 1.54) is 12.8 Å². The van der Waals surface area contributed by atoms with Crippen LogP contribution in [-0.4, -0.2) is 11.8 Å². The molecule has 0 spiro atoms. The monoisotopic (exact) mass is 311 g/mol. The van der Waals surface area contributed by atoms with Crippen molar-refractivity contribution < 1.29 is 9.59 Å². The largest absolute Gasteiger partial charge is 0.348 e. The number of anilines is 1. The molecule has 0 aromatic heterocycles. The van der Waals surface area contributed by atoms with Gasteiger partial charge in [0.2, 0.25) is 11.8 Å². The molecule has 2 N–H and O–H groups in total. The van der Waals surface area contributed by atoms with Crippen molar-refractivity contribution in [3.8, 4) is 6.07 Å². The number of allylic oxidation sites excluding steroid dienone is 1. The Morgan fingerprint density at radius 3 is 2.74 bits per heavy atom. The Kier molecular flexibility index (Phi) is 6.37. The van der Waals surface area contributed by atoms with E-state index in [9.17, 15) is 9.59 Å². The molecule has 1 saturated carbocycles. The van der Waals surface area contributed by atoms with Crippen molar-refractivity contribution in [3.63, 3.8) is 0 Å². The topological polar surface area (TPSA) is 82.0 Å². The molecular weight excluding hydrogens is 290 g/mol. The van der Waals surface area contributed by atoms with E-state index in [-0.39, 0.29) is 18.2 Å². The van der Waals surface area contributed by atoms with Gasteiger partial charge < -0.3 is 10.6 Å². The molecule has 23 heavy (non-hydrogen) atoms. The molecule has 1 fully saturated rings. The SMILES string of the molecule is N#CCC(=O)Nc1ccccc1CNC(=O)/C=C/C1CCCC1. The first-order valence-electron chi connectivity index (χ1n) is 7.90. The van der Waals surface area contributed by atoms with Crippen molar-refractivity contribution in [2.45, 2.75) is 38.6 Å². The van der Waals surface area contributed by atoms with Gasteiger partial charge in [0.05, 0.1) is 6.07 Å². The fourth-order valence-electron chi connectivity index (χ4n) is 2.68. The highest BCUT2D eigenvalue weighted by atomic mass is 16.2. The van der Waals surface area contributed by atoms with E-state index in [0.717, 1.165) is 18.4 Å². The summed E-state index contributed by atoms with van der Waals surface area (Å²) < 4.78 is 0. The first-order valence-corrected chi connectivity index (χ1v) is 7.90.